The molecule has 2 unspecified atom stereocenters. The maximum atomic E-state index is 5.87. The number of hydrogen-bond donors (Lipinski definition) is 1. The zero-order valence-corrected chi connectivity index (χ0v) is 11.8. The normalized spacial score (nSPS) is 22.1. The van der Waals surface area contributed by atoms with Gasteiger partial charge in [-0.05, 0) is 51.1 Å². The van der Waals surface area contributed by atoms with Gasteiger partial charge in [-0.25, -0.2) is 0 Å². The molecule has 1 aliphatic rings. The van der Waals surface area contributed by atoms with Gasteiger partial charge in [-0.2, -0.15) is 0 Å². The molecule has 1 heterocycles. The SMILES string of the molecule is CC(N)c1ccc(N(C)CC2CCCN2C)cc1. The number of benzene rings is 1. The van der Waals surface area contributed by atoms with E-state index in [9.17, 15) is 0 Å². The number of nitrogens with zero attached hydrogens (tertiary/aromatic N) is 2. The summed E-state index contributed by atoms with van der Waals surface area (Å²) in [6.07, 6.45) is 2.65. The lowest BCUT2D eigenvalue weighted by Gasteiger charge is -2.27. The van der Waals surface area contributed by atoms with E-state index in [0.29, 0.717) is 6.04 Å². The van der Waals surface area contributed by atoms with Crippen molar-refractivity contribution in [2.45, 2.75) is 31.8 Å². The van der Waals surface area contributed by atoms with Gasteiger partial charge >= 0.3 is 0 Å². The third-order valence-corrected chi connectivity index (χ3v) is 4.02. The van der Waals surface area contributed by atoms with Crippen molar-refractivity contribution in [2.24, 2.45) is 5.73 Å². The van der Waals surface area contributed by atoms with Crippen molar-refractivity contribution < 1.29 is 0 Å². The summed E-state index contributed by atoms with van der Waals surface area (Å²) >= 11 is 0. The van der Waals surface area contributed by atoms with Gasteiger partial charge in [0.2, 0.25) is 0 Å². The quantitative estimate of drug-likeness (QED) is 0.885. The summed E-state index contributed by atoms with van der Waals surface area (Å²) < 4.78 is 0. The van der Waals surface area contributed by atoms with E-state index in [1.165, 1.54) is 30.6 Å². The molecule has 1 saturated heterocycles. The van der Waals surface area contributed by atoms with Gasteiger partial charge in [0, 0.05) is 31.4 Å². The summed E-state index contributed by atoms with van der Waals surface area (Å²) in [7, 11) is 4.40. The minimum Gasteiger partial charge on any atom is -0.373 e. The Kier molecular flexibility index (Phi) is 4.25. The first-order valence-corrected chi connectivity index (χ1v) is 6.85. The van der Waals surface area contributed by atoms with Crippen LogP contribution >= 0.6 is 0 Å². The van der Waals surface area contributed by atoms with Crippen molar-refractivity contribution in [2.75, 3.05) is 32.1 Å². The summed E-state index contributed by atoms with van der Waals surface area (Å²) in [6.45, 7) is 4.36. The highest BCUT2D eigenvalue weighted by molar-refractivity contribution is 5.47. The predicted octanol–water partition coefficient (Wildman–Crippen LogP) is 2.24. The zero-order valence-electron chi connectivity index (χ0n) is 11.8. The second kappa shape index (κ2) is 5.72. The van der Waals surface area contributed by atoms with Crippen LogP contribution in [0.5, 0.6) is 0 Å². The number of anilines is 1. The zero-order chi connectivity index (χ0) is 13.1. The first kappa shape index (κ1) is 13.4. The molecule has 1 aliphatic heterocycles. The summed E-state index contributed by atoms with van der Waals surface area (Å²) in [6, 6.07) is 9.43. The molecular formula is C15H25N3. The highest BCUT2D eigenvalue weighted by Gasteiger charge is 2.22. The van der Waals surface area contributed by atoms with Gasteiger partial charge in [-0.15, -0.1) is 0 Å². The molecule has 1 aromatic carbocycles. The van der Waals surface area contributed by atoms with E-state index in [2.05, 4.69) is 48.2 Å². The molecule has 3 heteroatoms. The molecule has 0 radical (unpaired) electrons. The Morgan fingerprint density at radius 3 is 2.56 bits per heavy atom. The summed E-state index contributed by atoms with van der Waals surface area (Å²) in [5, 5.41) is 0. The fourth-order valence-corrected chi connectivity index (χ4v) is 2.66. The highest BCUT2D eigenvalue weighted by atomic mass is 15.2. The molecule has 2 N–H and O–H groups in total. The first-order valence-electron chi connectivity index (χ1n) is 6.85. The molecule has 0 bridgehead atoms. The molecule has 0 amide bonds. The Morgan fingerprint density at radius 2 is 2.06 bits per heavy atom. The molecule has 3 nitrogen and oxygen atoms in total. The van der Waals surface area contributed by atoms with Gasteiger partial charge in [0.25, 0.3) is 0 Å². The molecule has 18 heavy (non-hydrogen) atoms. The molecule has 2 rings (SSSR count). The lowest BCUT2D eigenvalue weighted by Crippen LogP contribution is -2.36. The Bertz CT molecular complexity index is 372. The summed E-state index contributed by atoms with van der Waals surface area (Å²) in [4.78, 5) is 4.81. The number of rotatable bonds is 4. The first-order chi connectivity index (χ1) is 8.58. The number of likely N-dealkylation sites (N-methyl/N-ethyl adjacent to an activating group) is 2. The third kappa shape index (κ3) is 3.03. The van der Waals surface area contributed by atoms with Crippen LogP contribution in [0.25, 0.3) is 0 Å². The summed E-state index contributed by atoms with van der Waals surface area (Å²) in [5.41, 5.74) is 8.35. The molecular weight excluding hydrogens is 222 g/mol. The standard InChI is InChI=1S/C15H25N3/c1-12(16)13-6-8-14(9-7-13)18(3)11-15-5-4-10-17(15)2/h6-9,12,15H,4-5,10-11,16H2,1-3H3. The van der Waals surface area contributed by atoms with Crippen LogP contribution in [0.2, 0.25) is 0 Å². The molecule has 1 aromatic rings. The van der Waals surface area contributed by atoms with Crippen LogP contribution in [-0.2, 0) is 0 Å². The van der Waals surface area contributed by atoms with E-state index in [1.54, 1.807) is 0 Å². The van der Waals surface area contributed by atoms with Gasteiger partial charge < -0.3 is 15.5 Å². The van der Waals surface area contributed by atoms with Crippen LogP contribution in [0.1, 0.15) is 31.4 Å². The number of nitrogens with two attached hydrogens (primary N) is 1. The van der Waals surface area contributed by atoms with E-state index in [0.717, 1.165) is 6.54 Å². The van der Waals surface area contributed by atoms with Crippen LogP contribution in [0, 0.1) is 0 Å². The Hall–Kier alpha value is -1.06. The van der Waals surface area contributed by atoms with Crippen LogP contribution in [0.4, 0.5) is 5.69 Å². The molecule has 1 fully saturated rings. The molecule has 100 valence electrons. The average Bonchev–Trinajstić information content (AvgIpc) is 2.75. The minimum absolute atomic E-state index is 0.116. The Labute approximate surface area is 111 Å². The van der Waals surface area contributed by atoms with Crippen molar-refractivity contribution in [3.05, 3.63) is 29.8 Å². The van der Waals surface area contributed by atoms with E-state index in [1.807, 2.05) is 6.92 Å². The van der Waals surface area contributed by atoms with Crippen molar-refractivity contribution in [1.82, 2.24) is 4.90 Å². The third-order valence-electron chi connectivity index (χ3n) is 4.02. The molecule has 0 aromatic heterocycles. The maximum absolute atomic E-state index is 5.87. The van der Waals surface area contributed by atoms with Crippen LogP contribution in [0.15, 0.2) is 24.3 Å². The Morgan fingerprint density at radius 1 is 1.39 bits per heavy atom. The van der Waals surface area contributed by atoms with Gasteiger partial charge in [0.05, 0.1) is 0 Å². The Balaban J connectivity index is 1.98. The van der Waals surface area contributed by atoms with Crippen molar-refractivity contribution in [3.8, 4) is 0 Å². The molecule has 2 atom stereocenters. The monoisotopic (exact) mass is 247 g/mol. The largest absolute Gasteiger partial charge is 0.373 e. The van der Waals surface area contributed by atoms with Gasteiger partial charge in [-0.3, -0.25) is 0 Å². The van der Waals surface area contributed by atoms with E-state index in [4.69, 9.17) is 5.73 Å². The maximum Gasteiger partial charge on any atom is 0.0364 e. The fraction of sp³-hybridized carbons (Fsp3) is 0.600. The smallest absolute Gasteiger partial charge is 0.0364 e. The van der Waals surface area contributed by atoms with Crippen molar-refractivity contribution >= 4 is 5.69 Å². The van der Waals surface area contributed by atoms with Crippen LogP contribution in [0.3, 0.4) is 0 Å². The highest BCUT2D eigenvalue weighted by Crippen LogP contribution is 2.20. The molecule has 0 spiro atoms. The lowest BCUT2D eigenvalue weighted by molar-refractivity contribution is 0.314. The van der Waals surface area contributed by atoms with Crippen LogP contribution in [-0.4, -0.2) is 38.1 Å². The number of hydrogen-bond acceptors (Lipinski definition) is 3. The molecule has 0 saturated carbocycles. The number of likely N-dealkylation sites (tertiary alicyclic amines) is 1. The van der Waals surface area contributed by atoms with Gasteiger partial charge in [-0.1, -0.05) is 12.1 Å². The second-order valence-electron chi connectivity index (χ2n) is 5.54. The topological polar surface area (TPSA) is 32.5 Å². The van der Waals surface area contributed by atoms with Gasteiger partial charge in [0.15, 0.2) is 0 Å². The van der Waals surface area contributed by atoms with Crippen molar-refractivity contribution in [3.63, 3.8) is 0 Å². The lowest BCUT2D eigenvalue weighted by atomic mass is 10.1. The van der Waals surface area contributed by atoms with E-state index in [-0.39, 0.29) is 6.04 Å². The average molecular weight is 247 g/mol. The van der Waals surface area contributed by atoms with E-state index < -0.39 is 0 Å². The fourth-order valence-electron chi connectivity index (χ4n) is 2.66. The second-order valence-corrected chi connectivity index (χ2v) is 5.54. The van der Waals surface area contributed by atoms with Crippen molar-refractivity contribution in [1.29, 1.82) is 0 Å². The predicted molar refractivity (Wildman–Crippen MR) is 78.0 cm³/mol. The summed E-state index contributed by atoms with van der Waals surface area (Å²) in [5.74, 6) is 0. The minimum atomic E-state index is 0.116. The van der Waals surface area contributed by atoms with E-state index >= 15 is 0 Å². The van der Waals surface area contributed by atoms with Gasteiger partial charge in [0.1, 0.15) is 0 Å². The molecule has 0 aliphatic carbocycles. The van der Waals surface area contributed by atoms with Crippen LogP contribution < -0.4 is 10.6 Å².